The van der Waals surface area contributed by atoms with Crippen LogP contribution in [0.3, 0.4) is 0 Å². The van der Waals surface area contributed by atoms with Gasteiger partial charge in [0.2, 0.25) is 6.79 Å². The average Bonchev–Trinajstić information content (AvgIpc) is 3.06. The second-order valence-electron chi connectivity index (χ2n) is 5.21. The van der Waals surface area contributed by atoms with Crippen molar-refractivity contribution in [3.8, 4) is 11.5 Å². The summed E-state index contributed by atoms with van der Waals surface area (Å²) < 4.78 is 16.5. The van der Waals surface area contributed by atoms with Gasteiger partial charge in [0.15, 0.2) is 11.5 Å². The molecule has 4 rings (SSSR count). The normalized spacial score (nSPS) is 29.3. The zero-order valence-electron chi connectivity index (χ0n) is 10.3. The molecule has 0 aliphatic carbocycles. The third kappa shape index (κ3) is 1.60. The van der Waals surface area contributed by atoms with E-state index in [1.807, 2.05) is 0 Å². The Kier molecular flexibility index (Phi) is 2.45. The molecule has 3 heterocycles. The van der Waals surface area contributed by atoms with Gasteiger partial charge in [-0.2, -0.15) is 0 Å². The van der Waals surface area contributed by atoms with Gasteiger partial charge in [-0.3, -0.25) is 0 Å². The van der Waals surface area contributed by atoms with Gasteiger partial charge in [-0.25, -0.2) is 0 Å². The van der Waals surface area contributed by atoms with Crippen LogP contribution in [0.2, 0.25) is 0 Å². The third-order valence-electron chi connectivity index (χ3n) is 4.16. The lowest BCUT2D eigenvalue weighted by molar-refractivity contribution is 0.173. The molecule has 2 atom stereocenters. The highest BCUT2D eigenvalue weighted by molar-refractivity contribution is 5.50. The van der Waals surface area contributed by atoms with Crippen molar-refractivity contribution in [2.24, 2.45) is 5.92 Å². The maximum Gasteiger partial charge on any atom is 0.231 e. The zero-order valence-corrected chi connectivity index (χ0v) is 10.3. The Labute approximate surface area is 106 Å². The van der Waals surface area contributed by atoms with E-state index in [0.717, 1.165) is 44.1 Å². The molecular formula is C14H17NO3. The van der Waals surface area contributed by atoms with Crippen molar-refractivity contribution >= 4 is 0 Å². The van der Waals surface area contributed by atoms with E-state index >= 15 is 0 Å². The molecule has 96 valence electrons. The molecule has 4 nitrogen and oxygen atoms in total. The fourth-order valence-corrected chi connectivity index (χ4v) is 3.21. The summed E-state index contributed by atoms with van der Waals surface area (Å²) in [6, 6.07) is 4.72. The number of hydrogen-bond donors (Lipinski definition) is 1. The number of fused-ring (bicyclic) bond motifs is 2. The van der Waals surface area contributed by atoms with Crippen molar-refractivity contribution in [3.63, 3.8) is 0 Å². The molecule has 3 aliphatic heterocycles. The van der Waals surface area contributed by atoms with Gasteiger partial charge in [-0.15, -0.1) is 0 Å². The molecule has 0 amide bonds. The summed E-state index contributed by atoms with van der Waals surface area (Å²) in [5.41, 5.74) is 2.77. The van der Waals surface area contributed by atoms with Crippen molar-refractivity contribution in [2.75, 3.05) is 26.6 Å². The highest BCUT2D eigenvalue weighted by atomic mass is 16.7. The van der Waals surface area contributed by atoms with Crippen molar-refractivity contribution < 1.29 is 14.2 Å². The first kappa shape index (κ1) is 10.6. The topological polar surface area (TPSA) is 39.7 Å². The minimum Gasteiger partial charge on any atom is -0.454 e. The molecule has 0 radical (unpaired) electrons. The Bertz CT molecular complexity index is 468. The lowest BCUT2D eigenvalue weighted by Crippen LogP contribution is -2.35. The first-order chi connectivity index (χ1) is 8.92. The van der Waals surface area contributed by atoms with Gasteiger partial charge >= 0.3 is 0 Å². The van der Waals surface area contributed by atoms with Crippen LogP contribution in [-0.4, -0.2) is 26.6 Å². The molecule has 0 spiro atoms. The lowest BCUT2D eigenvalue weighted by Gasteiger charge is -2.31. The first-order valence-electron chi connectivity index (χ1n) is 6.65. The fraction of sp³-hybridized carbons (Fsp3) is 0.571. The zero-order chi connectivity index (χ0) is 11.9. The Hall–Kier alpha value is -1.26. The molecule has 0 bridgehead atoms. The smallest absolute Gasteiger partial charge is 0.231 e. The Balaban J connectivity index is 1.73. The van der Waals surface area contributed by atoms with Crippen molar-refractivity contribution in [1.82, 2.24) is 5.32 Å². The number of benzene rings is 1. The van der Waals surface area contributed by atoms with Gasteiger partial charge in [0.05, 0.1) is 6.61 Å². The van der Waals surface area contributed by atoms with E-state index in [0.29, 0.717) is 18.8 Å². The second kappa shape index (κ2) is 4.14. The Morgan fingerprint density at radius 1 is 1.17 bits per heavy atom. The summed E-state index contributed by atoms with van der Waals surface area (Å²) in [4.78, 5) is 0. The van der Waals surface area contributed by atoms with E-state index in [1.54, 1.807) is 0 Å². The van der Waals surface area contributed by atoms with Gasteiger partial charge in [-0.05, 0) is 42.6 Å². The van der Waals surface area contributed by atoms with Crippen LogP contribution in [0.25, 0.3) is 0 Å². The van der Waals surface area contributed by atoms with Crippen LogP contribution in [0.5, 0.6) is 11.5 Å². The SMILES string of the molecule is c1c2c(cc3c1OCO3)C(C1CCOC1)NCC2. The van der Waals surface area contributed by atoms with Crippen LogP contribution >= 0.6 is 0 Å². The number of hydrogen-bond acceptors (Lipinski definition) is 4. The molecule has 4 heteroatoms. The third-order valence-corrected chi connectivity index (χ3v) is 4.16. The minimum atomic E-state index is 0.350. The van der Waals surface area contributed by atoms with E-state index in [2.05, 4.69) is 17.4 Å². The first-order valence-corrected chi connectivity index (χ1v) is 6.65. The molecule has 0 saturated carbocycles. The molecular weight excluding hydrogens is 230 g/mol. The van der Waals surface area contributed by atoms with Crippen LogP contribution in [0.15, 0.2) is 12.1 Å². The van der Waals surface area contributed by atoms with E-state index in [4.69, 9.17) is 14.2 Å². The average molecular weight is 247 g/mol. The largest absolute Gasteiger partial charge is 0.454 e. The van der Waals surface area contributed by atoms with Gasteiger partial charge in [0.1, 0.15) is 0 Å². The van der Waals surface area contributed by atoms with E-state index < -0.39 is 0 Å². The maximum atomic E-state index is 5.52. The number of rotatable bonds is 1. The highest BCUT2D eigenvalue weighted by Crippen LogP contribution is 2.41. The molecule has 0 aromatic heterocycles. The molecule has 1 N–H and O–H groups in total. The van der Waals surface area contributed by atoms with Crippen molar-refractivity contribution in [3.05, 3.63) is 23.3 Å². The van der Waals surface area contributed by atoms with Crippen molar-refractivity contribution in [1.29, 1.82) is 0 Å². The summed E-state index contributed by atoms with van der Waals surface area (Å²) in [6.45, 7) is 3.14. The summed E-state index contributed by atoms with van der Waals surface area (Å²) in [7, 11) is 0. The Morgan fingerprint density at radius 2 is 2.06 bits per heavy atom. The van der Waals surface area contributed by atoms with Gasteiger partial charge < -0.3 is 19.5 Å². The van der Waals surface area contributed by atoms with E-state index in [1.165, 1.54) is 11.1 Å². The predicted molar refractivity (Wildman–Crippen MR) is 65.9 cm³/mol. The van der Waals surface area contributed by atoms with Crippen LogP contribution < -0.4 is 14.8 Å². The minimum absolute atomic E-state index is 0.350. The van der Waals surface area contributed by atoms with E-state index in [9.17, 15) is 0 Å². The monoisotopic (exact) mass is 247 g/mol. The van der Waals surface area contributed by atoms with Crippen LogP contribution in [0.1, 0.15) is 23.6 Å². The van der Waals surface area contributed by atoms with Gasteiger partial charge in [0.25, 0.3) is 0 Å². The molecule has 1 aromatic carbocycles. The quantitative estimate of drug-likeness (QED) is 0.819. The van der Waals surface area contributed by atoms with Crippen LogP contribution in [0, 0.1) is 5.92 Å². The standard InChI is InChI=1S/C14H17NO3/c1-3-15-14(10-2-4-16-7-10)11-6-13-12(5-9(1)11)17-8-18-13/h5-6,10,14-15H,1-4,7-8H2. The summed E-state index contributed by atoms with van der Waals surface area (Å²) in [6.07, 6.45) is 2.21. The highest BCUT2D eigenvalue weighted by Gasteiger charge is 2.32. The molecule has 3 aliphatic rings. The lowest BCUT2D eigenvalue weighted by atomic mass is 9.85. The predicted octanol–water partition coefficient (Wildman–Crippen LogP) is 1.64. The van der Waals surface area contributed by atoms with Crippen molar-refractivity contribution in [2.45, 2.75) is 18.9 Å². The summed E-state index contributed by atoms with van der Waals surface area (Å²) in [5, 5.41) is 3.63. The van der Waals surface area contributed by atoms with E-state index in [-0.39, 0.29) is 0 Å². The number of ether oxygens (including phenoxy) is 3. The molecule has 1 saturated heterocycles. The molecule has 1 fully saturated rings. The second-order valence-corrected chi connectivity index (χ2v) is 5.21. The number of nitrogens with one attached hydrogen (secondary N) is 1. The molecule has 2 unspecified atom stereocenters. The summed E-state index contributed by atoms with van der Waals surface area (Å²) in [5.74, 6) is 2.38. The Morgan fingerprint density at radius 3 is 2.89 bits per heavy atom. The van der Waals surface area contributed by atoms with Gasteiger partial charge in [-0.1, -0.05) is 0 Å². The molecule has 18 heavy (non-hydrogen) atoms. The maximum absolute atomic E-state index is 5.52. The fourth-order valence-electron chi connectivity index (χ4n) is 3.21. The van der Waals surface area contributed by atoms with Crippen LogP contribution in [0.4, 0.5) is 0 Å². The molecule has 1 aromatic rings. The summed E-state index contributed by atoms with van der Waals surface area (Å²) >= 11 is 0. The van der Waals surface area contributed by atoms with Crippen LogP contribution in [-0.2, 0) is 11.2 Å². The van der Waals surface area contributed by atoms with Gasteiger partial charge in [0, 0.05) is 18.6 Å².